The molecule has 1 atom stereocenters. The van der Waals surface area contributed by atoms with E-state index in [-0.39, 0.29) is 11.9 Å². The summed E-state index contributed by atoms with van der Waals surface area (Å²) in [7, 11) is 0. The highest BCUT2D eigenvalue weighted by atomic mass is 35.5. The number of nitrogens with one attached hydrogen (secondary N) is 1. The van der Waals surface area contributed by atoms with E-state index in [4.69, 9.17) is 16.6 Å². The van der Waals surface area contributed by atoms with Crippen molar-refractivity contribution in [3.8, 4) is 5.69 Å². The Hall–Kier alpha value is -3.19. The molecule has 1 aliphatic rings. The number of hydrogen-bond acceptors (Lipinski definition) is 4. The molecule has 5 rings (SSSR count). The Labute approximate surface area is 172 Å². The van der Waals surface area contributed by atoms with Gasteiger partial charge in [-0.05, 0) is 49.2 Å². The van der Waals surface area contributed by atoms with E-state index in [2.05, 4.69) is 45.2 Å². The first-order chi connectivity index (χ1) is 14.1. The number of aryl methyl sites for hydroxylation is 2. The van der Waals surface area contributed by atoms with Crippen molar-refractivity contribution in [2.24, 2.45) is 0 Å². The number of fused-ring (bicyclic) bond motifs is 3. The van der Waals surface area contributed by atoms with Gasteiger partial charge in [-0.2, -0.15) is 0 Å². The highest BCUT2D eigenvalue weighted by molar-refractivity contribution is 6.34. The van der Waals surface area contributed by atoms with Crippen molar-refractivity contribution in [2.75, 3.05) is 0 Å². The number of hydrogen-bond donors (Lipinski definition) is 1. The van der Waals surface area contributed by atoms with Gasteiger partial charge in [0.1, 0.15) is 18.5 Å². The van der Waals surface area contributed by atoms with E-state index in [0.717, 1.165) is 35.4 Å². The van der Waals surface area contributed by atoms with E-state index in [0.29, 0.717) is 17.1 Å². The Bertz CT molecular complexity index is 1210. The quantitative estimate of drug-likeness (QED) is 0.566. The van der Waals surface area contributed by atoms with Crippen molar-refractivity contribution in [1.82, 2.24) is 29.6 Å². The standard InChI is InChI=1S/C21H19ClN6O/c1-13-2-6-19-18(8-13)26-20-7-3-14(10-28(19)20)25-21(29)16-5-4-15(9-17(16)22)27-11-23-24-12-27/h2,4-6,8-9,11-12,14H,3,7,10H2,1H3,(H,25,29). The number of benzene rings is 2. The van der Waals surface area contributed by atoms with E-state index in [9.17, 15) is 4.79 Å². The van der Waals surface area contributed by atoms with Crippen LogP contribution < -0.4 is 5.32 Å². The normalized spacial score (nSPS) is 16.0. The van der Waals surface area contributed by atoms with Crippen LogP contribution in [0.2, 0.25) is 5.02 Å². The minimum Gasteiger partial charge on any atom is -0.347 e. The first-order valence-corrected chi connectivity index (χ1v) is 9.87. The lowest BCUT2D eigenvalue weighted by Crippen LogP contribution is -2.41. The van der Waals surface area contributed by atoms with Crippen molar-refractivity contribution in [3.63, 3.8) is 0 Å². The molecule has 4 aromatic rings. The molecule has 1 amide bonds. The summed E-state index contributed by atoms with van der Waals surface area (Å²) in [6.07, 6.45) is 4.85. The van der Waals surface area contributed by atoms with Crippen molar-refractivity contribution in [3.05, 3.63) is 71.0 Å². The second kappa shape index (κ2) is 7.00. The molecule has 8 heteroatoms. The van der Waals surface area contributed by atoms with Gasteiger partial charge in [0.05, 0.1) is 21.6 Å². The summed E-state index contributed by atoms with van der Waals surface area (Å²) in [6.45, 7) is 2.77. The van der Waals surface area contributed by atoms with Crippen molar-refractivity contribution in [1.29, 1.82) is 0 Å². The van der Waals surface area contributed by atoms with Crippen LogP contribution in [0.4, 0.5) is 0 Å². The lowest BCUT2D eigenvalue weighted by Gasteiger charge is -2.25. The molecule has 7 nitrogen and oxygen atoms in total. The molecule has 2 aromatic carbocycles. The zero-order chi connectivity index (χ0) is 20.0. The van der Waals surface area contributed by atoms with Gasteiger partial charge in [0, 0.05) is 24.7 Å². The zero-order valence-corrected chi connectivity index (χ0v) is 16.6. The summed E-state index contributed by atoms with van der Waals surface area (Å²) < 4.78 is 3.95. The molecule has 1 N–H and O–H groups in total. The fraction of sp³-hybridized carbons (Fsp3) is 0.238. The molecular weight excluding hydrogens is 388 g/mol. The maximum Gasteiger partial charge on any atom is 0.253 e. The number of imidazole rings is 1. The summed E-state index contributed by atoms with van der Waals surface area (Å²) in [5.74, 6) is 0.909. The summed E-state index contributed by atoms with van der Waals surface area (Å²) in [4.78, 5) is 17.6. The molecule has 2 aromatic heterocycles. The number of aromatic nitrogens is 5. The van der Waals surface area contributed by atoms with Gasteiger partial charge >= 0.3 is 0 Å². The third kappa shape index (κ3) is 3.27. The number of carbonyl (C=O) groups excluding carboxylic acids is 1. The van der Waals surface area contributed by atoms with Gasteiger partial charge < -0.3 is 9.88 Å². The smallest absolute Gasteiger partial charge is 0.253 e. The summed E-state index contributed by atoms with van der Waals surface area (Å²) in [6, 6.07) is 11.6. The lowest BCUT2D eigenvalue weighted by atomic mass is 10.1. The van der Waals surface area contributed by atoms with Crippen LogP contribution in [0.15, 0.2) is 49.1 Å². The van der Waals surface area contributed by atoms with Crippen LogP contribution >= 0.6 is 11.6 Å². The Morgan fingerprint density at radius 3 is 2.79 bits per heavy atom. The average Bonchev–Trinajstić information content (AvgIpc) is 3.35. The summed E-state index contributed by atoms with van der Waals surface area (Å²) in [5, 5.41) is 11.1. The molecule has 146 valence electrons. The monoisotopic (exact) mass is 406 g/mol. The van der Waals surface area contributed by atoms with Crippen LogP contribution in [0.5, 0.6) is 0 Å². The van der Waals surface area contributed by atoms with Crippen LogP contribution in [0.25, 0.3) is 16.7 Å². The topological polar surface area (TPSA) is 77.6 Å². The van der Waals surface area contributed by atoms with E-state index in [1.165, 1.54) is 5.56 Å². The van der Waals surface area contributed by atoms with Crippen molar-refractivity contribution in [2.45, 2.75) is 32.4 Å². The number of halogens is 1. The third-order valence-electron chi connectivity index (χ3n) is 5.35. The first kappa shape index (κ1) is 17.9. The van der Waals surface area contributed by atoms with E-state index < -0.39 is 0 Å². The first-order valence-electron chi connectivity index (χ1n) is 9.49. The van der Waals surface area contributed by atoms with Gasteiger partial charge in [-0.3, -0.25) is 9.36 Å². The fourth-order valence-corrected chi connectivity index (χ4v) is 4.12. The predicted octanol–water partition coefficient (Wildman–Crippen LogP) is 3.32. The van der Waals surface area contributed by atoms with Gasteiger partial charge in [-0.25, -0.2) is 4.98 Å². The van der Waals surface area contributed by atoms with Crippen LogP contribution in [0, 0.1) is 6.92 Å². The number of amides is 1. The number of rotatable bonds is 3. The van der Waals surface area contributed by atoms with Crippen LogP contribution in [-0.4, -0.2) is 36.3 Å². The Morgan fingerprint density at radius 1 is 1.17 bits per heavy atom. The highest BCUT2D eigenvalue weighted by Gasteiger charge is 2.24. The fourth-order valence-electron chi connectivity index (χ4n) is 3.86. The SMILES string of the molecule is Cc1ccc2c(c1)nc1n2CC(NC(=O)c2ccc(-n3cnnc3)cc2Cl)CC1. The maximum absolute atomic E-state index is 12.8. The van der Waals surface area contributed by atoms with Gasteiger partial charge in [0.15, 0.2) is 0 Å². The molecule has 0 aliphatic carbocycles. The maximum atomic E-state index is 12.8. The highest BCUT2D eigenvalue weighted by Crippen LogP contribution is 2.24. The summed E-state index contributed by atoms with van der Waals surface area (Å²) in [5.41, 5.74) is 4.59. The Kier molecular flexibility index (Phi) is 4.32. The number of nitrogens with zero attached hydrogens (tertiary/aromatic N) is 5. The average molecular weight is 407 g/mol. The Morgan fingerprint density at radius 2 is 2.00 bits per heavy atom. The van der Waals surface area contributed by atoms with Crippen LogP contribution in [0.3, 0.4) is 0 Å². The van der Waals surface area contributed by atoms with Gasteiger partial charge in [-0.1, -0.05) is 17.7 Å². The van der Waals surface area contributed by atoms with Crippen molar-refractivity contribution >= 4 is 28.5 Å². The van der Waals surface area contributed by atoms with E-state index in [1.807, 2.05) is 6.07 Å². The van der Waals surface area contributed by atoms with Gasteiger partial charge in [0.25, 0.3) is 5.91 Å². The molecular formula is C21H19ClN6O. The third-order valence-corrected chi connectivity index (χ3v) is 5.66. The van der Waals surface area contributed by atoms with Gasteiger partial charge in [0.2, 0.25) is 0 Å². The molecule has 0 spiro atoms. The molecule has 0 bridgehead atoms. The van der Waals surface area contributed by atoms with Crippen LogP contribution in [-0.2, 0) is 13.0 Å². The molecule has 1 aliphatic heterocycles. The zero-order valence-electron chi connectivity index (χ0n) is 15.8. The van der Waals surface area contributed by atoms with Gasteiger partial charge in [-0.15, -0.1) is 10.2 Å². The molecule has 1 unspecified atom stereocenters. The number of carbonyl (C=O) groups is 1. The van der Waals surface area contributed by atoms with E-state index >= 15 is 0 Å². The molecule has 0 fully saturated rings. The minimum absolute atomic E-state index is 0.0299. The minimum atomic E-state index is -0.168. The molecule has 3 heterocycles. The molecule has 0 radical (unpaired) electrons. The molecule has 0 saturated heterocycles. The Balaban J connectivity index is 1.35. The van der Waals surface area contributed by atoms with E-state index in [1.54, 1.807) is 29.4 Å². The summed E-state index contributed by atoms with van der Waals surface area (Å²) >= 11 is 6.39. The lowest BCUT2D eigenvalue weighted by molar-refractivity contribution is 0.0928. The van der Waals surface area contributed by atoms with Crippen molar-refractivity contribution < 1.29 is 4.79 Å². The predicted molar refractivity (Wildman–Crippen MR) is 110 cm³/mol. The molecule has 29 heavy (non-hydrogen) atoms. The second-order valence-electron chi connectivity index (χ2n) is 7.37. The largest absolute Gasteiger partial charge is 0.347 e. The van der Waals surface area contributed by atoms with Crippen LogP contribution in [0.1, 0.15) is 28.2 Å². The molecule has 0 saturated carbocycles. The second-order valence-corrected chi connectivity index (χ2v) is 7.78.